The number of carbonyl (C=O) groups excluding carboxylic acids is 2. The van der Waals surface area contributed by atoms with Gasteiger partial charge in [0.1, 0.15) is 29.6 Å². The summed E-state index contributed by atoms with van der Waals surface area (Å²) in [6.07, 6.45) is 4.05. The van der Waals surface area contributed by atoms with Gasteiger partial charge in [-0.25, -0.2) is 4.68 Å². The maximum absolute atomic E-state index is 14.1. The Morgan fingerprint density at radius 2 is 1.72 bits per heavy atom. The molecule has 5 rings (SSSR count). The van der Waals surface area contributed by atoms with Crippen LogP contribution in [0.15, 0.2) is 72.8 Å². The molecule has 0 unspecified atom stereocenters. The molecule has 0 radical (unpaired) electrons. The fraction of sp³-hybridized carbons (Fsp3) is 0.333. The number of nitrogens with one attached hydrogen (secondary N) is 1. The fourth-order valence-electron chi connectivity index (χ4n) is 5.14. The summed E-state index contributed by atoms with van der Waals surface area (Å²) < 4.78 is 12.4. The van der Waals surface area contributed by atoms with Gasteiger partial charge in [-0.15, -0.1) is 5.10 Å². The smallest absolute Gasteiger partial charge is 0.247 e. The first-order valence-corrected chi connectivity index (χ1v) is 13.2. The highest BCUT2D eigenvalue weighted by Crippen LogP contribution is 2.29. The zero-order chi connectivity index (χ0) is 27.2. The summed E-state index contributed by atoms with van der Waals surface area (Å²) in [7, 11) is 3.20. The van der Waals surface area contributed by atoms with Crippen LogP contribution in [0.3, 0.4) is 0 Å². The Kier molecular flexibility index (Phi) is 8.05. The molecule has 1 aliphatic carbocycles. The van der Waals surface area contributed by atoms with E-state index in [2.05, 4.69) is 15.6 Å². The lowest BCUT2D eigenvalue weighted by atomic mass is 10.0. The Morgan fingerprint density at radius 1 is 0.974 bits per heavy atom. The number of hydrogen-bond donors (Lipinski definition) is 1. The number of carbonyl (C=O) groups is 2. The fourth-order valence-corrected chi connectivity index (χ4v) is 5.14. The minimum atomic E-state index is -0.870. The summed E-state index contributed by atoms with van der Waals surface area (Å²) in [5, 5.41) is 11.6. The third-order valence-corrected chi connectivity index (χ3v) is 7.21. The van der Waals surface area contributed by atoms with Crippen molar-refractivity contribution in [3.8, 4) is 11.5 Å². The molecule has 1 aromatic heterocycles. The summed E-state index contributed by atoms with van der Waals surface area (Å²) in [5.41, 5.74) is 3.00. The van der Waals surface area contributed by atoms with Gasteiger partial charge in [0.05, 0.1) is 19.7 Å². The van der Waals surface area contributed by atoms with Crippen LogP contribution in [0.2, 0.25) is 0 Å². The highest BCUT2D eigenvalue weighted by atomic mass is 16.5. The van der Waals surface area contributed by atoms with Crippen molar-refractivity contribution in [1.82, 2.24) is 25.2 Å². The molecule has 202 valence electrons. The molecular formula is C30H33N5O4. The Bertz CT molecular complexity index is 1430. The Labute approximate surface area is 227 Å². The molecule has 1 atom stereocenters. The second-order valence-corrected chi connectivity index (χ2v) is 9.77. The van der Waals surface area contributed by atoms with Gasteiger partial charge < -0.3 is 19.7 Å². The molecule has 4 aromatic rings. The lowest BCUT2D eigenvalue weighted by Crippen LogP contribution is -2.46. The number of methoxy groups -OCH3 is 2. The van der Waals surface area contributed by atoms with Crippen LogP contribution < -0.4 is 14.8 Å². The van der Waals surface area contributed by atoms with Gasteiger partial charge in [-0.3, -0.25) is 9.59 Å². The monoisotopic (exact) mass is 527 g/mol. The van der Waals surface area contributed by atoms with Crippen LogP contribution in [0, 0.1) is 0 Å². The van der Waals surface area contributed by atoms with E-state index in [4.69, 9.17) is 9.47 Å². The van der Waals surface area contributed by atoms with Crippen molar-refractivity contribution in [3.05, 3.63) is 83.9 Å². The molecule has 9 heteroatoms. The normalized spacial score (nSPS) is 14.2. The first-order valence-electron chi connectivity index (χ1n) is 13.2. The van der Waals surface area contributed by atoms with Gasteiger partial charge in [-0.05, 0) is 60.4 Å². The largest absolute Gasteiger partial charge is 0.497 e. The molecule has 1 saturated carbocycles. The average Bonchev–Trinajstić information content (AvgIpc) is 3.63. The maximum atomic E-state index is 14.1. The highest BCUT2D eigenvalue weighted by molar-refractivity contribution is 5.89. The lowest BCUT2D eigenvalue weighted by Gasteiger charge is -2.32. The molecule has 0 aliphatic heterocycles. The Balaban J connectivity index is 1.53. The van der Waals surface area contributed by atoms with E-state index < -0.39 is 6.04 Å². The lowest BCUT2D eigenvalue weighted by molar-refractivity contribution is -0.142. The van der Waals surface area contributed by atoms with Gasteiger partial charge in [0.15, 0.2) is 0 Å². The van der Waals surface area contributed by atoms with Gasteiger partial charge in [0, 0.05) is 12.6 Å². The summed E-state index contributed by atoms with van der Waals surface area (Å²) in [4.78, 5) is 29.7. The number of ether oxygens (including phenoxy) is 2. The predicted octanol–water partition coefficient (Wildman–Crippen LogP) is 4.28. The Hall–Kier alpha value is -4.40. The number of hydrogen-bond acceptors (Lipinski definition) is 6. The number of aromatic nitrogens is 3. The molecule has 1 aliphatic rings. The minimum Gasteiger partial charge on any atom is -0.497 e. The third kappa shape index (κ3) is 6.03. The van der Waals surface area contributed by atoms with E-state index in [1.165, 1.54) is 0 Å². The first-order chi connectivity index (χ1) is 19.1. The van der Waals surface area contributed by atoms with Gasteiger partial charge in [-0.2, -0.15) is 0 Å². The van der Waals surface area contributed by atoms with Crippen LogP contribution in [0.25, 0.3) is 11.0 Å². The Morgan fingerprint density at radius 3 is 2.46 bits per heavy atom. The summed E-state index contributed by atoms with van der Waals surface area (Å²) in [6, 6.07) is 21.6. The second-order valence-electron chi connectivity index (χ2n) is 9.77. The molecule has 1 heterocycles. The van der Waals surface area contributed by atoms with E-state index in [1.54, 1.807) is 23.8 Å². The third-order valence-electron chi connectivity index (χ3n) is 7.21. The van der Waals surface area contributed by atoms with E-state index in [9.17, 15) is 9.59 Å². The zero-order valence-electron chi connectivity index (χ0n) is 22.2. The number of benzene rings is 3. The van der Waals surface area contributed by atoms with Crippen molar-refractivity contribution in [1.29, 1.82) is 0 Å². The SMILES string of the molecule is COc1ccc(CN(C(=O)Cn2nnc3ccccc32)[C@H](C(=O)NC2CCCC2)c2cccc(OC)c2)cc1. The average molecular weight is 528 g/mol. The first kappa shape index (κ1) is 26.2. The summed E-state index contributed by atoms with van der Waals surface area (Å²) >= 11 is 0. The van der Waals surface area contributed by atoms with Crippen LogP contribution in [0.4, 0.5) is 0 Å². The van der Waals surface area contributed by atoms with Crippen molar-refractivity contribution < 1.29 is 19.1 Å². The summed E-state index contributed by atoms with van der Waals surface area (Å²) in [5.74, 6) is 0.871. The van der Waals surface area contributed by atoms with E-state index in [0.29, 0.717) is 22.6 Å². The van der Waals surface area contributed by atoms with Crippen molar-refractivity contribution >= 4 is 22.8 Å². The maximum Gasteiger partial charge on any atom is 0.247 e. The molecule has 39 heavy (non-hydrogen) atoms. The van der Waals surface area contributed by atoms with E-state index in [0.717, 1.165) is 36.8 Å². The standard InChI is InChI=1S/C30H33N5O4/c1-38-24-16-14-21(15-17-24)19-34(28(36)20-35-27-13-6-5-12-26(27)32-33-35)29(22-8-7-11-25(18-22)39-2)30(37)31-23-9-3-4-10-23/h5-8,11-18,23,29H,3-4,9-10,19-20H2,1-2H3,(H,31,37)/t29-/m0/s1. The molecule has 2 amide bonds. The van der Waals surface area contributed by atoms with Gasteiger partial charge >= 0.3 is 0 Å². The van der Waals surface area contributed by atoms with E-state index in [1.807, 2.05) is 72.8 Å². The van der Waals surface area contributed by atoms with Gasteiger partial charge in [-0.1, -0.05) is 54.5 Å². The minimum absolute atomic E-state index is 0.0617. The molecule has 1 N–H and O–H groups in total. The zero-order valence-corrected chi connectivity index (χ0v) is 22.2. The van der Waals surface area contributed by atoms with E-state index in [-0.39, 0.29) is 30.9 Å². The van der Waals surface area contributed by atoms with Crippen molar-refractivity contribution in [2.75, 3.05) is 14.2 Å². The van der Waals surface area contributed by atoms with Gasteiger partial charge in [0.25, 0.3) is 0 Å². The topological polar surface area (TPSA) is 98.6 Å². The number of nitrogens with zero attached hydrogens (tertiary/aromatic N) is 4. The number of amides is 2. The van der Waals surface area contributed by atoms with E-state index >= 15 is 0 Å². The van der Waals surface area contributed by atoms with Crippen LogP contribution in [-0.4, -0.2) is 52.0 Å². The van der Waals surface area contributed by atoms with Crippen molar-refractivity contribution in [2.45, 2.75) is 50.9 Å². The van der Waals surface area contributed by atoms with Crippen LogP contribution in [0.5, 0.6) is 11.5 Å². The predicted molar refractivity (Wildman–Crippen MR) is 147 cm³/mol. The molecule has 9 nitrogen and oxygen atoms in total. The molecule has 3 aromatic carbocycles. The van der Waals surface area contributed by atoms with Crippen LogP contribution in [0.1, 0.15) is 42.9 Å². The molecule has 0 spiro atoms. The summed E-state index contributed by atoms with van der Waals surface area (Å²) in [6.45, 7) is 0.156. The van der Waals surface area contributed by atoms with Gasteiger partial charge in [0.2, 0.25) is 11.8 Å². The van der Waals surface area contributed by atoms with Crippen LogP contribution in [-0.2, 0) is 22.7 Å². The number of rotatable bonds is 10. The quantitative estimate of drug-likeness (QED) is 0.331. The number of fused-ring (bicyclic) bond motifs is 1. The number of para-hydroxylation sites is 1. The second kappa shape index (κ2) is 12.0. The van der Waals surface area contributed by atoms with Crippen molar-refractivity contribution in [3.63, 3.8) is 0 Å². The highest BCUT2D eigenvalue weighted by Gasteiger charge is 2.34. The molecule has 0 saturated heterocycles. The molecule has 0 bridgehead atoms. The van der Waals surface area contributed by atoms with Crippen LogP contribution >= 0.6 is 0 Å². The van der Waals surface area contributed by atoms with Crippen molar-refractivity contribution in [2.24, 2.45) is 0 Å². The molecule has 1 fully saturated rings. The molecular weight excluding hydrogens is 494 g/mol.